The number of hydrogen-bond donors (Lipinski definition) is 3. The lowest BCUT2D eigenvalue weighted by Crippen LogP contribution is -2.38. The van der Waals surface area contributed by atoms with Gasteiger partial charge >= 0.3 is 6.03 Å². The van der Waals surface area contributed by atoms with Crippen LogP contribution in [0.25, 0.3) is 0 Å². The van der Waals surface area contributed by atoms with Gasteiger partial charge in [0.2, 0.25) is 0 Å². The van der Waals surface area contributed by atoms with Crippen LogP contribution in [0.2, 0.25) is 0 Å². The minimum absolute atomic E-state index is 0.0748. The summed E-state index contributed by atoms with van der Waals surface area (Å²) in [6.07, 6.45) is 2.34. The first-order valence-electron chi connectivity index (χ1n) is 7.06. The van der Waals surface area contributed by atoms with E-state index in [4.69, 9.17) is 5.11 Å². The van der Waals surface area contributed by atoms with Gasteiger partial charge in [-0.05, 0) is 37.6 Å². The highest BCUT2D eigenvalue weighted by Gasteiger charge is 2.06. The second kappa shape index (κ2) is 8.43. The van der Waals surface area contributed by atoms with Gasteiger partial charge in [-0.25, -0.2) is 4.79 Å². The first kappa shape index (κ1) is 16.3. The molecule has 0 aliphatic heterocycles. The highest BCUT2D eigenvalue weighted by Crippen LogP contribution is 2.17. The number of nitrogens with zero attached hydrogens (tertiary/aromatic N) is 1. The van der Waals surface area contributed by atoms with Crippen molar-refractivity contribution in [1.29, 1.82) is 0 Å². The van der Waals surface area contributed by atoms with Crippen LogP contribution in [0, 0.1) is 0 Å². The molecule has 112 valence electrons. The van der Waals surface area contributed by atoms with Crippen LogP contribution in [-0.2, 0) is 0 Å². The molecule has 5 nitrogen and oxygen atoms in total. The Morgan fingerprint density at radius 3 is 2.55 bits per heavy atom. The Hall–Kier alpha value is -1.75. The predicted octanol–water partition coefficient (Wildman–Crippen LogP) is 2.43. The fraction of sp³-hybridized carbons (Fsp3) is 0.533. The molecule has 1 aromatic rings. The first-order valence-corrected chi connectivity index (χ1v) is 7.06. The molecule has 2 amide bonds. The summed E-state index contributed by atoms with van der Waals surface area (Å²) in [7, 11) is 2.06. The van der Waals surface area contributed by atoms with Crippen LogP contribution in [-0.4, -0.2) is 37.4 Å². The Morgan fingerprint density at radius 1 is 1.35 bits per heavy atom. The normalized spacial score (nSPS) is 11.8. The zero-order valence-electron chi connectivity index (χ0n) is 12.5. The second-order valence-corrected chi connectivity index (χ2v) is 5.00. The highest BCUT2D eigenvalue weighted by molar-refractivity contribution is 5.89. The van der Waals surface area contributed by atoms with Crippen LogP contribution in [0.5, 0.6) is 0 Å². The molecule has 0 aromatic heterocycles. The number of hydrogen-bond acceptors (Lipinski definition) is 3. The van der Waals surface area contributed by atoms with E-state index in [9.17, 15) is 4.79 Å². The molecule has 1 rings (SSSR count). The van der Waals surface area contributed by atoms with Crippen molar-refractivity contribution in [3.05, 3.63) is 24.3 Å². The van der Waals surface area contributed by atoms with Crippen molar-refractivity contribution in [2.75, 3.05) is 30.4 Å². The Bertz CT molecular complexity index is 406. The summed E-state index contributed by atoms with van der Waals surface area (Å²) < 4.78 is 0. The molecule has 20 heavy (non-hydrogen) atoms. The lowest BCUT2D eigenvalue weighted by Gasteiger charge is -2.19. The number of anilines is 2. The molecule has 0 aliphatic carbocycles. The smallest absolute Gasteiger partial charge is 0.319 e. The monoisotopic (exact) mass is 279 g/mol. The molecule has 1 aromatic carbocycles. The number of rotatable bonds is 7. The van der Waals surface area contributed by atoms with E-state index in [0.29, 0.717) is 0 Å². The number of aliphatic hydroxyl groups excluding tert-OH is 1. The van der Waals surface area contributed by atoms with Gasteiger partial charge in [0.05, 0.1) is 12.6 Å². The SMILES string of the molecule is CCCCN(C)c1ccc(NC(=O)NC(C)CO)cc1. The molecule has 0 aliphatic rings. The summed E-state index contributed by atoms with van der Waals surface area (Å²) in [5.41, 5.74) is 1.87. The molecule has 0 radical (unpaired) electrons. The average Bonchev–Trinajstić information content (AvgIpc) is 2.45. The number of benzene rings is 1. The van der Waals surface area contributed by atoms with Gasteiger partial charge in [-0.15, -0.1) is 0 Å². The lowest BCUT2D eigenvalue weighted by molar-refractivity contribution is 0.229. The average molecular weight is 279 g/mol. The molecule has 0 fully saturated rings. The largest absolute Gasteiger partial charge is 0.394 e. The number of aliphatic hydroxyl groups is 1. The molecule has 0 spiro atoms. The summed E-state index contributed by atoms with van der Waals surface area (Å²) in [6, 6.07) is 7.16. The van der Waals surface area contributed by atoms with Crippen LogP contribution >= 0.6 is 0 Å². The van der Waals surface area contributed by atoms with Crippen molar-refractivity contribution in [3.63, 3.8) is 0 Å². The summed E-state index contributed by atoms with van der Waals surface area (Å²) >= 11 is 0. The third-order valence-corrected chi connectivity index (χ3v) is 3.06. The van der Waals surface area contributed by atoms with Gasteiger partial charge in [0.15, 0.2) is 0 Å². The predicted molar refractivity (Wildman–Crippen MR) is 83.3 cm³/mol. The third kappa shape index (κ3) is 5.48. The van der Waals surface area contributed by atoms with Crippen molar-refractivity contribution in [2.45, 2.75) is 32.7 Å². The van der Waals surface area contributed by atoms with E-state index < -0.39 is 0 Å². The van der Waals surface area contributed by atoms with Crippen LogP contribution in [0.15, 0.2) is 24.3 Å². The van der Waals surface area contributed by atoms with Gasteiger partial charge in [0, 0.05) is 25.0 Å². The van der Waals surface area contributed by atoms with E-state index in [0.717, 1.165) is 24.3 Å². The lowest BCUT2D eigenvalue weighted by atomic mass is 10.2. The molecular weight excluding hydrogens is 254 g/mol. The third-order valence-electron chi connectivity index (χ3n) is 3.06. The fourth-order valence-corrected chi connectivity index (χ4v) is 1.76. The molecule has 0 heterocycles. The zero-order valence-corrected chi connectivity index (χ0v) is 12.5. The zero-order chi connectivity index (χ0) is 15.0. The van der Waals surface area contributed by atoms with Gasteiger partial charge in [0.25, 0.3) is 0 Å². The van der Waals surface area contributed by atoms with Gasteiger partial charge in [-0.2, -0.15) is 0 Å². The molecule has 0 saturated carbocycles. The Labute approximate surface area is 121 Å². The van der Waals surface area contributed by atoms with Crippen LogP contribution in [0.4, 0.5) is 16.2 Å². The minimum Gasteiger partial charge on any atom is -0.394 e. The summed E-state index contributed by atoms with van der Waals surface area (Å²) in [4.78, 5) is 13.8. The molecule has 5 heteroatoms. The minimum atomic E-state index is -0.307. The van der Waals surface area contributed by atoms with E-state index in [1.165, 1.54) is 6.42 Å². The van der Waals surface area contributed by atoms with E-state index in [1.807, 2.05) is 24.3 Å². The second-order valence-electron chi connectivity index (χ2n) is 5.00. The number of unbranched alkanes of at least 4 members (excludes halogenated alkanes) is 1. The topological polar surface area (TPSA) is 64.6 Å². The number of nitrogens with one attached hydrogen (secondary N) is 2. The molecule has 0 bridgehead atoms. The van der Waals surface area contributed by atoms with E-state index in [1.54, 1.807) is 6.92 Å². The highest BCUT2D eigenvalue weighted by atomic mass is 16.3. The quantitative estimate of drug-likeness (QED) is 0.718. The Morgan fingerprint density at radius 2 is 2.00 bits per heavy atom. The molecule has 0 saturated heterocycles. The first-order chi connectivity index (χ1) is 9.56. The van der Waals surface area contributed by atoms with Crippen LogP contribution < -0.4 is 15.5 Å². The van der Waals surface area contributed by atoms with Crippen molar-refractivity contribution < 1.29 is 9.90 Å². The van der Waals surface area contributed by atoms with Crippen LogP contribution in [0.3, 0.4) is 0 Å². The molecule has 1 unspecified atom stereocenters. The van der Waals surface area contributed by atoms with Gasteiger partial charge in [0.1, 0.15) is 0 Å². The fourth-order valence-electron chi connectivity index (χ4n) is 1.76. The Kier molecular flexibility index (Phi) is 6.87. The van der Waals surface area contributed by atoms with Gasteiger partial charge < -0.3 is 20.6 Å². The molecular formula is C15H25N3O2. The summed E-state index contributed by atoms with van der Waals surface area (Å²) in [5.74, 6) is 0. The van der Waals surface area contributed by atoms with Gasteiger partial charge in [-0.3, -0.25) is 0 Å². The van der Waals surface area contributed by atoms with Crippen molar-refractivity contribution >= 4 is 17.4 Å². The van der Waals surface area contributed by atoms with Gasteiger partial charge in [-0.1, -0.05) is 13.3 Å². The number of carbonyl (C=O) groups is 1. The van der Waals surface area contributed by atoms with Crippen LogP contribution in [0.1, 0.15) is 26.7 Å². The van der Waals surface area contributed by atoms with Crippen molar-refractivity contribution in [3.8, 4) is 0 Å². The standard InChI is InChI=1S/C15H25N3O2/c1-4-5-10-18(3)14-8-6-13(7-9-14)17-15(20)16-12(2)11-19/h6-9,12,19H,4-5,10-11H2,1-3H3,(H2,16,17,20). The molecule has 3 N–H and O–H groups in total. The maximum absolute atomic E-state index is 11.6. The number of urea groups is 1. The number of carbonyl (C=O) groups excluding carboxylic acids is 1. The van der Waals surface area contributed by atoms with E-state index in [-0.39, 0.29) is 18.7 Å². The number of amides is 2. The molecule has 1 atom stereocenters. The summed E-state index contributed by atoms with van der Waals surface area (Å²) in [5, 5.41) is 14.2. The maximum Gasteiger partial charge on any atom is 0.319 e. The van der Waals surface area contributed by atoms with E-state index in [2.05, 4.69) is 29.5 Å². The maximum atomic E-state index is 11.6. The van der Waals surface area contributed by atoms with E-state index >= 15 is 0 Å². The summed E-state index contributed by atoms with van der Waals surface area (Å²) in [6.45, 7) is 4.87. The Balaban J connectivity index is 2.51. The van der Waals surface area contributed by atoms with Crippen molar-refractivity contribution in [2.24, 2.45) is 0 Å². The van der Waals surface area contributed by atoms with Crippen molar-refractivity contribution in [1.82, 2.24) is 5.32 Å².